The predicted octanol–water partition coefficient (Wildman–Crippen LogP) is 1.09. The number of aromatic nitrogens is 2. The fraction of sp³-hybridized carbons (Fsp3) is 0.500. The van der Waals surface area contributed by atoms with Crippen LogP contribution >= 0.6 is 27.5 Å². The molecule has 1 aromatic rings. The summed E-state index contributed by atoms with van der Waals surface area (Å²) in [5.74, 6) is 0.0414. The molecule has 1 aromatic heterocycles. The predicted molar refractivity (Wildman–Crippen MR) is 65.5 cm³/mol. The Bertz CT molecular complexity index is 541. The van der Waals surface area contributed by atoms with Gasteiger partial charge in [0.05, 0.1) is 12.1 Å². The van der Waals surface area contributed by atoms with Gasteiger partial charge in [0.2, 0.25) is 0 Å². The molecule has 0 fully saturated rings. The van der Waals surface area contributed by atoms with Gasteiger partial charge in [0.1, 0.15) is 14.3 Å². The third kappa shape index (κ3) is 3.88. The molecule has 0 saturated heterocycles. The van der Waals surface area contributed by atoms with E-state index >= 15 is 0 Å². The molecule has 0 aliphatic carbocycles. The quantitative estimate of drug-likeness (QED) is 0.776. The number of hydrogen-bond acceptors (Lipinski definition) is 4. The van der Waals surface area contributed by atoms with E-state index in [4.69, 9.17) is 11.6 Å². The molecule has 0 bridgehead atoms. The highest BCUT2D eigenvalue weighted by Crippen LogP contribution is 2.13. The van der Waals surface area contributed by atoms with E-state index in [0.717, 1.165) is 6.26 Å². The largest absolute Gasteiger partial charge is 0.298 e. The van der Waals surface area contributed by atoms with Gasteiger partial charge in [0.25, 0.3) is 5.56 Å². The SMILES string of the molecule is CS(=O)(=O)CCCn1cnc(Cl)c(Br)c1=O. The Hall–Kier alpha value is -0.400. The fourth-order valence-corrected chi connectivity index (χ4v) is 2.21. The Morgan fingerprint density at radius 2 is 2.19 bits per heavy atom. The van der Waals surface area contributed by atoms with Gasteiger partial charge in [-0.2, -0.15) is 0 Å². The topological polar surface area (TPSA) is 69.0 Å². The monoisotopic (exact) mass is 328 g/mol. The first-order chi connectivity index (χ1) is 7.31. The van der Waals surface area contributed by atoms with E-state index in [1.807, 2.05) is 0 Å². The molecule has 0 aliphatic heterocycles. The molecule has 90 valence electrons. The van der Waals surface area contributed by atoms with Crippen LogP contribution in [0.15, 0.2) is 15.6 Å². The Balaban J connectivity index is 2.77. The van der Waals surface area contributed by atoms with Crippen molar-refractivity contribution in [2.45, 2.75) is 13.0 Å². The zero-order valence-electron chi connectivity index (χ0n) is 8.48. The molecule has 5 nitrogen and oxygen atoms in total. The van der Waals surface area contributed by atoms with Crippen LogP contribution in [0.4, 0.5) is 0 Å². The lowest BCUT2D eigenvalue weighted by Crippen LogP contribution is -2.22. The van der Waals surface area contributed by atoms with Crippen LogP contribution in [0.2, 0.25) is 5.15 Å². The Labute approximate surface area is 106 Å². The summed E-state index contributed by atoms with van der Waals surface area (Å²) in [6, 6.07) is 0. The van der Waals surface area contributed by atoms with E-state index in [1.165, 1.54) is 10.9 Å². The summed E-state index contributed by atoms with van der Waals surface area (Å²) in [7, 11) is -3.00. The molecule has 0 saturated carbocycles. The van der Waals surface area contributed by atoms with E-state index in [1.54, 1.807) is 0 Å². The van der Waals surface area contributed by atoms with Gasteiger partial charge in [-0.3, -0.25) is 9.36 Å². The number of nitrogens with zero attached hydrogens (tertiary/aromatic N) is 2. The first-order valence-electron chi connectivity index (χ1n) is 4.39. The van der Waals surface area contributed by atoms with Crippen molar-refractivity contribution in [3.05, 3.63) is 26.3 Å². The zero-order chi connectivity index (χ0) is 12.3. The zero-order valence-corrected chi connectivity index (χ0v) is 11.6. The molecule has 0 unspecified atom stereocenters. The van der Waals surface area contributed by atoms with Gasteiger partial charge in [0.15, 0.2) is 5.15 Å². The third-order valence-corrected chi connectivity index (χ3v) is 4.11. The summed E-state index contributed by atoms with van der Waals surface area (Å²) in [5.41, 5.74) is -0.312. The second-order valence-corrected chi connectivity index (χ2v) is 6.74. The fourth-order valence-electron chi connectivity index (χ4n) is 1.10. The Kier molecular flexibility index (Phi) is 4.52. The lowest BCUT2D eigenvalue weighted by molar-refractivity contribution is 0.587. The van der Waals surface area contributed by atoms with Crippen LogP contribution in [0.3, 0.4) is 0 Å². The van der Waals surface area contributed by atoms with Gasteiger partial charge in [-0.15, -0.1) is 0 Å². The molecule has 0 radical (unpaired) electrons. The van der Waals surface area contributed by atoms with E-state index in [9.17, 15) is 13.2 Å². The molecule has 0 aliphatic rings. The number of halogens is 2. The highest BCUT2D eigenvalue weighted by atomic mass is 79.9. The normalized spacial score (nSPS) is 11.7. The Morgan fingerprint density at radius 3 is 2.75 bits per heavy atom. The van der Waals surface area contributed by atoms with E-state index < -0.39 is 9.84 Å². The molecule has 0 aromatic carbocycles. The van der Waals surface area contributed by atoms with Crippen molar-refractivity contribution >= 4 is 37.4 Å². The molecular weight excluding hydrogens is 320 g/mol. The smallest absolute Gasteiger partial charge is 0.269 e. The lowest BCUT2D eigenvalue weighted by Gasteiger charge is -2.05. The van der Waals surface area contributed by atoms with Gasteiger partial charge < -0.3 is 0 Å². The van der Waals surface area contributed by atoms with Crippen LogP contribution in [-0.2, 0) is 16.4 Å². The summed E-state index contributed by atoms with van der Waals surface area (Å²) in [6.07, 6.45) is 2.83. The molecule has 0 N–H and O–H groups in total. The standard InChI is InChI=1S/C8H10BrClN2O3S/c1-16(14,15)4-2-3-12-5-11-7(10)6(9)8(12)13/h5H,2-4H2,1H3. The van der Waals surface area contributed by atoms with Crippen molar-refractivity contribution in [3.8, 4) is 0 Å². The number of hydrogen-bond donors (Lipinski definition) is 0. The highest BCUT2D eigenvalue weighted by molar-refractivity contribution is 9.10. The van der Waals surface area contributed by atoms with Crippen molar-refractivity contribution in [2.24, 2.45) is 0 Å². The summed E-state index contributed by atoms with van der Waals surface area (Å²) >= 11 is 8.64. The van der Waals surface area contributed by atoms with Crippen molar-refractivity contribution < 1.29 is 8.42 Å². The second-order valence-electron chi connectivity index (χ2n) is 3.33. The van der Waals surface area contributed by atoms with E-state index in [2.05, 4.69) is 20.9 Å². The number of rotatable bonds is 4. The van der Waals surface area contributed by atoms with Gasteiger partial charge in [-0.1, -0.05) is 11.6 Å². The van der Waals surface area contributed by atoms with E-state index in [-0.39, 0.29) is 20.9 Å². The summed E-state index contributed by atoms with van der Waals surface area (Å²) in [6.45, 7) is 0.300. The molecular formula is C8H10BrClN2O3S. The van der Waals surface area contributed by atoms with Crippen LogP contribution in [0, 0.1) is 0 Å². The Morgan fingerprint density at radius 1 is 1.56 bits per heavy atom. The number of aryl methyl sites for hydroxylation is 1. The van der Waals surface area contributed by atoms with Gasteiger partial charge >= 0.3 is 0 Å². The van der Waals surface area contributed by atoms with Crippen molar-refractivity contribution in [2.75, 3.05) is 12.0 Å². The van der Waals surface area contributed by atoms with Crippen LogP contribution in [0.25, 0.3) is 0 Å². The van der Waals surface area contributed by atoms with Crippen molar-refractivity contribution in [1.29, 1.82) is 0 Å². The van der Waals surface area contributed by atoms with Crippen LogP contribution in [0.1, 0.15) is 6.42 Å². The maximum Gasteiger partial charge on any atom is 0.269 e. The second kappa shape index (κ2) is 5.29. The van der Waals surface area contributed by atoms with Gasteiger partial charge in [-0.05, 0) is 22.4 Å². The molecule has 8 heteroatoms. The maximum atomic E-state index is 11.6. The van der Waals surface area contributed by atoms with Crippen LogP contribution in [0.5, 0.6) is 0 Å². The lowest BCUT2D eigenvalue weighted by atomic mass is 10.4. The summed E-state index contributed by atoms with van der Waals surface area (Å²) in [4.78, 5) is 15.4. The van der Waals surface area contributed by atoms with Gasteiger partial charge in [0, 0.05) is 12.8 Å². The average Bonchev–Trinajstić information content (AvgIpc) is 2.16. The minimum atomic E-state index is -3.00. The molecule has 16 heavy (non-hydrogen) atoms. The third-order valence-electron chi connectivity index (χ3n) is 1.85. The van der Waals surface area contributed by atoms with Crippen molar-refractivity contribution in [1.82, 2.24) is 9.55 Å². The maximum absolute atomic E-state index is 11.6. The first kappa shape index (κ1) is 13.7. The molecule has 0 atom stereocenters. The molecule has 0 amide bonds. The van der Waals surface area contributed by atoms with Crippen molar-refractivity contribution in [3.63, 3.8) is 0 Å². The molecule has 1 rings (SSSR count). The van der Waals surface area contributed by atoms with Crippen LogP contribution in [-0.4, -0.2) is 30.0 Å². The average molecular weight is 330 g/mol. The van der Waals surface area contributed by atoms with Gasteiger partial charge in [-0.25, -0.2) is 13.4 Å². The van der Waals surface area contributed by atoms with E-state index in [0.29, 0.717) is 13.0 Å². The molecule has 0 spiro atoms. The minimum absolute atomic E-state index is 0.0414. The number of sulfone groups is 1. The van der Waals surface area contributed by atoms with Crippen LogP contribution < -0.4 is 5.56 Å². The first-order valence-corrected chi connectivity index (χ1v) is 7.62. The molecule has 1 heterocycles. The summed E-state index contributed by atoms with van der Waals surface area (Å²) in [5, 5.41) is 0.101. The minimum Gasteiger partial charge on any atom is -0.298 e. The highest BCUT2D eigenvalue weighted by Gasteiger charge is 2.07. The summed E-state index contributed by atoms with van der Waals surface area (Å²) < 4.78 is 23.3.